The van der Waals surface area contributed by atoms with Gasteiger partial charge in [0.05, 0.1) is 6.54 Å². The van der Waals surface area contributed by atoms with Crippen LogP contribution in [-0.2, 0) is 17.9 Å². The van der Waals surface area contributed by atoms with Crippen molar-refractivity contribution in [2.24, 2.45) is 5.92 Å². The first-order valence-electron chi connectivity index (χ1n) is 6.05. The van der Waals surface area contributed by atoms with E-state index in [9.17, 15) is 4.79 Å². The van der Waals surface area contributed by atoms with Crippen LogP contribution in [-0.4, -0.2) is 26.9 Å². The summed E-state index contributed by atoms with van der Waals surface area (Å²) in [4.78, 5) is 18.4. The monoisotopic (exact) mass is 221 g/mol. The van der Waals surface area contributed by atoms with Gasteiger partial charge < -0.3 is 9.47 Å². The van der Waals surface area contributed by atoms with E-state index in [1.807, 2.05) is 11.1 Å². The van der Waals surface area contributed by atoms with E-state index < -0.39 is 0 Å². The van der Waals surface area contributed by atoms with E-state index in [-0.39, 0.29) is 5.92 Å². The molecular weight excluding hydrogens is 202 g/mol. The van der Waals surface area contributed by atoms with E-state index in [1.165, 1.54) is 0 Å². The molecule has 4 nitrogen and oxygen atoms in total. The van der Waals surface area contributed by atoms with E-state index in [0.717, 1.165) is 31.8 Å². The Kier molecular flexibility index (Phi) is 3.27. The molecular formula is C12H19N3O. The second kappa shape index (κ2) is 4.68. The lowest BCUT2D eigenvalue weighted by molar-refractivity contribution is -0.137. The molecule has 0 spiro atoms. The fourth-order valence-electron chi connectivity index (χ4n) is 2.26. The molecule has 1 aliphatic rings. The molecule has 1 aromatic rings. The predicted octanol–water partition coefficient (Wildman–Crippen LogP) is 1.66. The van der Waals surface area contributed by atoms with Crippen LogP contribution in [0.5, 0.6) is 0 Å². The zero-order chi connectivity index (χ0) is 11.5. The van der Waals surface area contributed by atoms with Crippen LogP contribution < -0.4 is 0 Å². The van der Waals surface area contributed by atoms with E-state index >= 15 is 0 Å². The Morgan fingerprint density at radius 1 is 1.44 bits per heavy atom. The molecule has 0 saturated carbocycles. The summed E-state index contributed by atoms with van der Waals surface area (Å²) in [6.07, 6.45) is 5.65. The third-order valence-corrected chi connectivity index (χ3v) is 3.39. The second-order valence-electron chi connectivity index (χ2n) is 4.31. The molecule has 4 heteroatoms. The molecule has 0 N–H and O–H groups in total. The molecule has 2 rings (SSSR count). The second-order valence-corrected chi connectivity index (χ2v) is 4.31. The number of amides is 1. The normalized spacial score (nSPS) is 15.3. The van der Waals surface area contributed by atoms with Gasteiger partial charge in [-0.1, -0.05) is 13.8 Å². The number of aromatic nitrogens is 2. The Labute approximate surface area is 96.3 Å². The van der Waals surface area contributed by atoms with Crippen LogP contribution >= 0.6 is 0 Å². The first-order valence-corrected chi connectivity index (χ1v) is 6.05. The highest BCUT2D eigenvalue weighted by Crippen LogP contribution is 2.17. The SMILES string of the molecule is CCC(CC)C(=O)N1CCn2ccnc2C1. The molecule has 0 fully saturated rings. The van der Waals surface area contributed by atoms with E-state index in [4.69, 9.17) is 0 Å². The van der Waals surface area contributed by atoms with Crippen LogP contribution in [0.4, 0.5) is 0 Å². The quantitative estimate of drug-likeness (QED) is 0.778. The number of hydrogen-bond acceptors (Lipinski definition) is 2. The van der Waals surface area contributed by atoms with Gasteiger partial charge in [-0.15, -0.1) is 0 Å². The number of carbonyl (C=O) groups is 1. The fourth-order valence-corrected chi connectivity index (χ4v) is 2.26. The summed E-state index contributed by atoms with van der Waals surface area (Å²) in [7, 11) is 0. The van der Waals surface area contributed by atoms with Crippen LogP contribution in [0.25, 0.3) is 0 Å². The molecule has 0 saturated heterocycles. The Morgan fingerprint density at radius 2 is 2.19 bits per heavy atom. The van der Waals surface area contributed by atoms with Crippen LogP contribution in [0.3, 0.4) is 0 Å². The Hall–Kier alpha value is -1.32. The molecule has 0 atom stereocenters. The lowest BCUT2D eigenvalue weighted by Gasteiger charge is -2.30. The topological polar surface area (TPSA) is 38.1 Å². The minimum absolute atomic E-state index is 0.182. The Balaban J connectivity index is 2.05. The predicted molar refractivity (Wildman–Crippen MR) is 61.7 cm³/mol. The maximum absolute atomic E-state index is 12.2. The molecule has 1 aliphatic heterocycles. The smallest absolute Gasteiger partial charge is 0.226 e. The van der Waals surface area contributed by atoms with E-state index in [2.05, 4.69) is 23.4 Å². The van der Waals surface area contributed by atoms with Crippen molar-refractivity contribution in [2.45, 2.75) is 39.8 Å². The van der Waals surface area contributed by atoms with Gasteiger partial charge in [0.25, 0.3) is 0 Å². The van der Waals surface area contributed by atoms with Gasteiger partial charge in [-0.05, 0) is 12.8 Å². The largest absolute Gasteiger partial charge is 0.333 e. The van der Waals surface area contributed by atoms with Crippen LogP contribution in [0, 0.1) is 5.92 Å². The fraction of sp³-hybridized carbons (Fsp3) is 0.667. The number of imidazole rings is 1. The lowest BCUT2D eigenvalue weighted by atomic mass is 10.0. The van der Waals surface area contributed by atoms with Crippen molar-refractivity contribution in [3.63, 3.8) is 0 Å². The van der Waals surface area contributed by atoms with Gasteiger partial charge in [-0.2, -0.15) is 0 Å². The highest BCUT2D eigenvalue weighted by molar-refractivity contribution is 5.78. The molecule has 0 bridgehead atoms. The molecule has 0 aromatic carbocycles. The number of rotatable bonds is 3. The standard InChI is InChI=1S/C12H19N3O/c1-3-10(4-2)12(16)15-8-7-14-6-5-13-11(14)9-15/h5-6,10H,3-4,7-9H2,1-2H3. The van der Waals surface area contributed by atoms with Crippen LogP contribution in [0.1, 0.15) is 32.5 Å². The molecule has 2 heterocycles. The molecule has 0 aliphatic carbocycles. The summed E-state index contributed by atoms with van der Waals surface area (Å²) in [5.41, 5.74) is 0. The summed E-state index contributed by atoms with van der Waals surface area (Å²) in [6, 6.07) is 0. The molecule has 1 aromatic heterocycles. The Bertz CT molecular complexity index is 368. The van der Waals surface area contributed by atoms with Gasteiger partial charge in [0.1, 0.15) is 5.82 Å². The van der Waals surface area contributed by atoms with Gasteiger partial charge in [0, 0.05) is 31.4 Å². The van der Waals surface area contributed by atoms with Gasteiger partial charge >= 0.3 is 0 Å². The highest BCUT2D eigenvalue weighted by Gasteiger charge is 2.25. The maximum atomic E-state index is 12.2. The van der Waals surface area contributed by atoms with Crippen molar-refractivity contribution in [3.8, 4) is 0 Å². The zero-order valence-electron chi connectivity index (χ0n) is 10.0. The molecule has 0 radical (unpaired) electrons. The van der Waals surface area contributed by atoms with Gasteiger partial charge in [-0.3, -0.25) is 4.79 Å². The minimum Gasteiger partial charge on any atom is -0.333 e. The van der Waals surface area contributed by atoms with Crippen molar-refractivity contribution in [1.82, 2.24) is 14.5 Å². The summed E-state index contributed by atoms with van der Waals surface area (Å²) in [5.74, 6) is 1.48. The van der Waals surface area contributed by atoms with Crippen LogP contribution in [0.2, 0.25) is 0 Å². The first-order chi connectivity index (χ1) is 7.76. The van der Waals surface area contributed by atoms with Crippen molar-refractivity contribution in [2.75, 3.05) is 6.54 Å². The summed E-state index contributed by atoms with van der Waals surface area (Å²) in [5, 5.41) is 0. The minimum atomic E-state index is 0.182. The molecule has 88 valence electrons. The van der Waals surface area contributed by atoms with E-state index in [0.29, 0.717) is 12.5 Å². The van der Waals surface area contributed by atoms with Crippen molar-refractivity contribution >= 4 is 5.91 Å². The number of nitrogens with zero attached hydrogens (tertiary/aromatic N) is 3. The number of hydrogen-bond donors (Lipinski definition) is 0. The lowest BCUT2D eigenvalue weighted by Crippen LogP contribution is -2.41. The van der Waals surface area contributed by atoms with Crippen molar-refractivity contribution in [3.05, 3.63) is 18.2 Å². The number of carbonyl (C=O) groups excluding carboxylic acids is 1. The first kappa shape index (κ1) is 11.2. The van der Waals surface area contributed by atoms with Crippen LogP contribution in [0.15, 0.2) is 12.4 Å². The van der Waals surface area contributed by atoms with Gasteiger partial charge in [0.2, 0.25) is 5.91 Å². The summed E-state index contributed by atoms with van der Waals surface area (Å²) >= 11 is 0. The average Bonchev–Trinajstić information content (AvgIpc) is 2.77. The van der Waals surface area contributed by atoms with E-state index in [1.54, 1.807) is 6.20 Å². The van der Waals surface area contributed by atoms with Gasteiger partial charge in [-0.25, -0.2) is 4.98 Å². The molecule has 0 unspecified atom stereocenters. The third kappa shape index (κ3) is 1.96. The van der Waals surface area contributed by atoms with Crippen molar-refractivity contribution < 1.29 is 4.79 Å². The zero-order valence-corrected chi connectivity index (χ0v) is 10.0. The molecule has 16 heavy (non-hydrogen) atoms. The highest BCUT2D eigenvalue weighted by atomic mass is 16.2. The summed E-state index contributed by atoms with van der Waals surface area (Å²) in [6.45, 7) is 6.52. The summed E-state index contributed by atoms with van der Waals surface area (Å²) < 4.78 is 2.12. The van der Waals surface area contributed by atoms with Crippen molar-refractivity contribution in [1.29, 1.82) is 0 Å². The molecule has 1 amide bonds. The average molecular weight is 221 g/mol. The third-order valence-electron chi connectivity index (χ3n) is 3.39. The Morgan fingerprint density at radius 3 is 2.88 bits per heavy atom. The van der Waals surface area contributed by atoms with Gasteiger partial charge in [0.15, 0.2) is 0 Å². The maximum Gasteiger partial charge on any atom is 0.226 e. The number of fused-ring (bicyclic) bond motifs is 1.